The fourth-order valence-electron chi connectivity index (χ4n) is 2.03. The molecular weight excluding hydrogens is 350 g/mol. The molecule has 0 aliphatic carbocycles. The van der Waals surface area contributed by atoms with Crippen LogP contribution >= 0.6 is 11.3 Å². The van der Waals surface area contributed by atoms with Gasteiger partial charge in [-0.25, -0.2) is 9.78 Å². The van der Waals surface area contributed by atoms with Crippen LogP contribution < -0.4 is 5.32 Å². The zero-order valence-electron chi connectivity index (χ0n) is 15.1. The molecule has 136 valence electrons. The maximum atomic E-state index is 12.2. The van der Waals surface area contributed by atoms with Crippen molar-refractivity contribution in [1.82, 2.24) is 10.3 Å². The van der Waals surface area contributed by atoms with Crippen LogP contribution in [0.25, 0.3) is 16.3 Å². The highest BCUT2D eigenvalue weighted by atomic mass is 32.1. The van der Waals surface area contributed by atoms with Crippen LogP contribution in [0.5, 0.6) is 0 Å². The maximum absolute atomic E-state index is 12.2. The van der Waals surface area contributed by atoms with Gasteiger partial charge in [0.05, 0.1) is 16.3 Å². The summed E-state index contributed by atoms with van der Waals surface area (Å²) in [6.45, 7) is 6.77. The normalized spacial score (nSPS) is 14.8. The molecule has 2 aromatic rings. The molecule has 6 nitrogen and oxygen atoms in total. The summed E-state index contributed by atoms with van der Waals surface area (Å²) in [7, 11) is 0. The van der Waals surface area contributed by atoms with E-state index in [1.54, 1.807) is 13.0 Å². The number of benzene rings is 1. The number of carbonyl (C=O) groups is 2. The van der Waals surface area contributed by atoms with Gasteiger partial charge in [-0.2, -0.15) is 5.26 Å². The molecule has 1 aromatic heterocycles. The number of nitrogens with zero attached hydrogens (tertiary/aromatic N) is 2. The molecule has 0 saturated heterocycles. The molecule has 1 N–H and O–H groups in total. The van der Waals surface area contributed by atoms with Crippen molar-refractivity contribution in [3.63, 3.8) is 0 Å². The van der Waals surface area contributed by atoms with E-state index in [4.69, 9.17) is 4.74 Å². The molecule has 1 amide bonds. The van der Waals surface area contributed by atoms with Crippen LogP contribution in [0.15, 0.2) is 30.3 Å². The van der Waals surface area contributed by atoms with Crippen molar-refractivity contribution in [3.05, 3.63) is 35.3 Å². The number of rotatable bonds is 6. The van der Waals surface area contributed by atoms with Gasteiger partial charge in [0, 0.05) is 6.08 Å². The minimum Gasteiger partial charge on any atom is -0.449 e. The average molecular weight is 371 g/mol. The summed E-state index contributed by atoms with van der Waals surface area (Å²) in [5.41, 5.74) is -0.156. The minimum atomic E-state index is -1.02. The lowest BCUT2D eigenvalue weighted by molar-refractivity contribution is -0.150. The van der Waals surface area contributed by atoms with Crippen LogP contribution in [-0.4, -0.2) is 28.5 Å². The van der Waals surface area contributed by atoms with E-state index >= 15 is 0 Å². The fraction of sp³-hybridized carbons (Fsp3) is 0.368. The second-order valence-corrected chi connectivity index (χ2v) is 7.45. The Morgan fingerprint density at radius 1 is 1.35 bits per heavy atom. The predicted molar refractivity (Wildman–Crippen MR) is 101 cm³/mol. The Labute approximate surface area is 156 Å². The summed E-state index contributed by atoms with van der Waals surface area (Å²) in [6, 6.07) is 9.76. The molecule has 26 heavy (non-hydrogen) atoms. The van der Waals surface area contributed by atoms with Gasteiger partial charge in [0.15, 0.2) is 6.10 Å². The van der Waals surface area contributed by atoms with Gasteiger partial charge in [-0.15, -0.1) is 11.3 Å². The Morgan fingerprint density at radius 3 is 2.65 bits per heavy atom. The number of aromatic nitrogens is 1. The summed E-state index contributed by atoms with van der Waals surface area (Å²) in [5.74, 6) is -1.24. The number of hydrogen-bond acceptors (Lipinski definition) is 6. The molecule has 1 heterocycles. The second kappa shape index (κ2) is 8.11. The summed E-state index contributed by atoms with van der Waals surface area (Å²) in [4.78, 5) is 28.5. The Kier molecular flexibility index (Phi) is 6.11. The van der Waals surface area contributed by atoms with E-state index in [1.807, 2.05) is 38.1 Å². The second-order valence-electron chi connectivity index (χ2n) is 6.39. The van der Waals surface area contributed by atoms with E-state index in [0.717, 1.165) is 10.2 Å². The van der Waals surface area contributed by atoms with Gasteiger partial charge in [0.2, 0.25) is 0 Å². The van der Waals surface area contributed by atoms with Crippen molar-refractivity contribution >= 4 is 39.5 Å². The molecule has 0 aliphatic heterocycles. The highest BCUT2D eigenvalue weighted by molar-refractivity contribution is 7.19. The van der Waals surface area contributed by atoms with Crippen molar-refractivity contribution in [2.75, 3.05) is 0 Å². The Hall–Kier alpha value is -2.72. The van der Waals surface area contributed by atoms with E-state index in [1.165, 1.54) is 24.3 Å². The molecule has 2 atom stereocenters. The van der Waals surface area contributed by atoms with Crippen LogP contribution in [0.4, 0.5) is 0 Å². The average Bonchev–Trinajstić information content (AvgIpc) is 3.02. The number of nitriles is 1. The maximum Gasteiger partial charge on any atom is 0.331 e. The summed E-state index contributed by atoms with van der Waals surface area (Å²) < 4.78 is 6.13. The van der Waals surface area contributed by atoms with Crippen LogP contribution in [0, 0.1) is 17.2 Å². The number of thiazole rings is 1. The van der Waals surface area contributed by atoms with Gasteiger partial charge in [-0.05, 0) is 38.0 Å². The number of hydrogen-bond donors (Lipinski definition) is 1. The van der Waals surface area contributed by atoms with Gasteiger partial charge in [-0.1, -0.05) is 26.0 Å². The van der Waals surface area contributed by atoms with Gasteiger partial charge < -0.3 is 10.1 Å². The molecule has 0 bridgehead atoms. The largest absolute Gasteiger partial charge is 0.449 e. The van der Waals surface area contributed by atoms with E-state index in [2.05, 4.69) is 16.4 Å². The quantitative estimate of drug-likeness (QED) is 0.621. The van der Waals surface area contributed by atoms with Crippen molar-refractivity contribution < 1.29 is 14.3 Å². The van der Waals surface area contributed by atoms with Crippen LogP contribution in [0.2, 0.25) is 0 Å². The third kappa shape index (κ3) is 4.67. The predicted octanol–water partition coefficient (Wildman–Crippen LogP) is 3.30. The highest BCUT2D eigenvalue weighted by Crippen LogP contribution is 2.22. The molecule has 1 aromatic carbocycles. The first-order valence-electron chi connectivity index (χ1n) is 8.22. The Morgan fingerprint density at radius 2 is 2.04 bits per heavy atom. The molecular formula is C19H21N3O3S. The number of para-hydroxylation sites is 1. The third-order valence-corrected chi connectivity index (χ3v) is 5.11. The molecule has 0 fully saturated rings. The highest BCUT2D eigenvalue weighted by Gasteiger charge is 2.32. The van der Waals surface area contributed by atoms with Gasteiger partial charge in [0.25, 0.3) is 5.91 Å². The van der Waals surface area contributed by atoms with E-state index in [9.17, 15) is 14.9 Å². The van der Waals surface area contributed by atoms with Crippen LogP contribution in [0.3, 0.4) is 0 Å². The van der Waals surface area contributed by atoms with Crippen molar-refractivity contribution in [3.8, 4) is 6.07 Å². The number of carbonyl (C=O) groups excluding carboxylic acids is 2. The first-order chi connectivity index (χ1) is 12.2. The van der Waals surface area contributed by atoms with Crippen molar-refractivity contribution in [2.45, 2.75) is 39.3 Å². The van der Waals surface area contributed by atoms with Gasteiger partial charge in [-0.3, -0.25) is 4.79 Å². The molecule has 2 rings (SSSR count). The summed E-state index contributed by atoms with van der Waals surface area (Å²) in [5, 5.41) is 12.6. The van der Waals surface area contributed by atoms with Gasteiger partial charge >= 0.3 is 5.97 Å². The van der Waals surface area contributed by atoms with Crippen LogP contribution in [0.1, 0.15) is 32.7 Å². The number of fused-ring (bicyclic) bond motifs is 1. The van der Waals surface area contributed by atoms with E-state index in [-0.39, 0.29) is 5.92 Å². The first kappa shape index (κ1) is 19.6. The van der Waals surface area contributed by atoms with E-state index in [0.29, 0.717) is 5.01 Å². The number of ether oxygens (including phenoxy) is 1. The lowest BCUT2D eigenvalue weighted by Gasteiger charge is -2.28. The van der Waals surface area contributed by atoms with Crippen molar-refractivity contribution in [2.24, 2.45) is 5.92 Å². The smallest absolute Gasteiger partial charge is 0.331 e. The Bertz CT molecular complexity index is 849. The molecule has 0 saturated carbocycles. The van der Waals surface area contributed by atoms with E-state index < -0.39 is 23.5 Å². The zero-order valence-corrected chi connectivity index (χ0v) is 16.0. The Balaban J connectivity index is 1.96. The topological polar surface area (TPSA) is 92.1 Å². The number of nitrogens with one attached hydrogen (secondary N) is 1. The lowest BCUT2D eigenvalue weighted by atomic mass is 9.90. The first-order valence-corrected chi connectivity index (χ1v) is 9.04. The molecule has 0 radical (unpaired) electrons. The summed E-state index contributed by atoms with van der Waals surface area (Å²) >= 11 is 1.46. The summed E-state index contributed by atoms with van der Waals surface area (Å²) in [6.07, 6.45) is 1.80. The fourth-order valence-corrected chi connectivity index (χ4v) is 2.90. The zero-order chi connectivity index (χ0) is 19.3. The lowest BCUT2D eigenvalue weighted by Crippen LogP contribution is -2.52. The monoisotopic (exact) mass is 371 g/mol. The van der Waals surface area contributed by atoms with Crippen LogP contribution in [-0.2, 0) is 14.3 Å². The molecule has 7 heteroatoms. The minimum absolute atomic E-state index is 0.0849. The SMILES string of the molecule is CC(C)[C@](C)(C#N)NC(=O)[C@@H](C)OC(=O)/C=C/c1nc2ccccc2s1. The standard InChI is InChI=1S/C19H21N3O3S/c1-12(2)19(4,11-20)22-18(24)13(3)25-17(23)10-9-16-21-14-7-5-6-8-15(14)26-16/h5-10,12-13H,1-4H3,(H,22,24)/b10-9+/t13-,19+/m1/s1. The number of esters is 1. The molecule has 0 unspecified atom stereocenters. The molecule has 0 spiro atoms. The third-order valence-electron chi connectivity index (χ3n) is 4.10. The van der Waals surface area contributed by atoms with Crippen molar-refractivity contribution in [1.29, 1.82) is 5.26 Å². The number of amides is 1. The molecule has 0 aliphatic rings. The van der Waals surface area contributed by atoms with Gasteiger partial charge in [0.1, 0.15) is 10.5 Å².